The summed E-state index contributed by atoms with van der Waals surface area (Å²) in [5.74, 6) is 5.68. The van der Waals surface area contributed by atoms with Gasteiger partial charge in [0.05, 0.1) is 18.6 Å². The van der Waals surface area contributed by atoms with Crippen molar-refractivity contribution in [2.45, 2.75) is 24.0 Å². The Hall–Kier alpha value is -2.98. The fourth-order valence-electron chi connectivity index (χ4n) is 2.49. The number of esters is 1. The van der Waals surface area contributed by atoms with Gasteiger partial charge in [0.15, 0.2) is 15.1 Å². The van der Waals surface area contributed by atoms with E-state index in [0.717, 1.165) is 0 Å². The average Bonchev–Trinajstić information content (AvgIpc) is 2.69. The van der Waals surface area contributed by atoms with Crippen LogP contribution in [0.2, 0.25) is 0 Å². The van der Waals surface area contributed by atoms with Crippen molar-refractivity contribution in [1.82, 2.24) is 0 Å². The average molecular weight is 402 g/mol. The topological polar surface area (TPSA) is 78.9 Å². The van der Waals surface area contributed by atoms with Crippen LogP contribution in [0.3, 0.4) is 0 Å². The zero-order chi connectivity index (χ0) is 20.6. The number of ether oxygens (including phenoxy) is 3. The minimum atomic E-state index is -4.04. The molecule has 1 atom stereocenters. The third-order valence-electron chi connectivity index (χ3n) is 3.87. The highest BCUT2D eigenvalue weighted by atomic mass is 32.2. The van der Waals surface area contributed by atoms with Gasteiger partial charge in [-0.2, -0.15) is 0 Å². The van der Waals surface area contributed by atoms with Crippen LogP contribution in [0.25, 0.3) is 0 Å². The maximum Gasteiger partial charge on any atom is 0.329 e. The summed E-state index contributed by atoms with van der Waals surface area (Å²) >= 11 is 0. The maximum atomic E-state index is 13.2. The Bertz CT molecular complexity index is 951. The predicted molar refractivity (Wildman–Crippen MR) is 105 cm³/mol. The fraction of sp³-hybridized carbons (Fsp3) is 0.286. The lowest BCUT2D eigenvalue weighted by Gasteiger charge is -2.17. The summed E-state index contributed by atoms with van der Waals surface area (Å²) in [7, 11) is -2.53. The number of rotatable bonds is 8. The first-order chi connectivity index (χ1) is 13.4. The molecule has 7 heteroatoms. The Morgan fingerprint density at radius 3 is 2.18 bits per heavy atom. The molecule has 2 rings (SSSR count). The molecule has 0 saturated carbocycles. The van der Waals surface area contributed by atoms with Crippen molar-refractivity contribution in [1.29, 1.82) is 0 Å². The minimum absolute atomic E-state index is 0.00435. The molecule has 2 aromatic carbocycles. The molecule has 1 unspecified atom stereocenters. The number of carbonyl (C=O) groups excluding carboxylic acids is 1. The summed E-state index contributed by atoms with van der Waals surface area (Å²) in [6, 6.07) is 12.1. The van der Waals surface area contributed by atoms with Crippen LogP contribution >= 0.6 is 0 Å². The van der Waals surface area contributed by atoms with E-state index in [1.165, 1.54) is 31.4 Å². The lowest BCUT2D eigenvalue weighted by atomic mass is 10.1. The monoisotopic (exact) mass is 402 g/mol. The summed E-state index contributed by atoms with van der Waals surface area (Å²) in [5.41, 5.74) is 0.304. The third-order valence-corrected chi connectivity index (χ3v) is 5.88. The van der Waals surface area contributed by atoms with Gasteiger partial charge in [-0.1, -0.05) is 18.1 Å². The second kappa shape index (κ2) is 9.81. The van der Waals surface area contributed by atoms with Crippen LogP contribution in [0.1, 0.15) is 24.7 Å². The normalized spacial score (nSPS) is 11.7. The van der Waals surface area contributed by atoms with Gasteiger partial charge in [0, 0.05) is 0 Å². The van der Waals surface area contributed by atoms with Gasteiger partial charge in [-0.3, -0.25) is 4.79 Å². The molecule has 0 aliphatic heterocycles. The summed E-state index contributed by atoms with van der Waals surface area (Å²) in [4.78, 5) is 12.5. The van der Waals surface area contributed by atoms with E-state index in [2.05, 4.69) is 11.8 Å². The van der Waals surface area contributed by atoms with Gasteiger partial charge in [0.1, 0.15) is 18.1 Å². The zero-order valence-electron chi connectivity index (χ0n) is 16.0. The van der Waals surface area contributed by atoms with Gasteiger partial charge >= 0.3 is 5.97 Å². The molecule has 0 bridgehead atoms. The summed E-state index contributed by atoms with van der Waals surface area (Å²) in [6.07, 6.45) is 0. The molecule has 0 saturated heterocycles. The SMILES string of the molecule is CC#CCOc1ccc(S(=O)(=O)C(C(=O)OCC)c2ccc(OC)cc2)cc1. The molecule has 0 fully saturated rings. The molecule has 6 nitrogen and oxygen atoms in total. The molecule has 0 aliphatic carbocycles. The maximum absolute atomic E-state index is 13.2. The molecular weight excluding hydrogens is 380 g/mol. The van der Waals surface area contributed by atoms with E-state index < -0.39 is 21.1 Å². The Kier molecular flexibility index (Phi) is 7.47. The second-order valence-electron chi connectivity index (χ2n) is 5.64. The molecule has 0 aliphatic rings. The summed E-state index contributed by atoms with van der Waals surface area (Å²) < 4.78 is 41.9. The molecule has 0 aromatic heterocycles. The molecular formula is C21H22O6S. The van der Waals surface area contributed by atoms with Gasteiger partial charge in [0.25, 0.3) is 0 Å². The molecule has 0 heterocycles. The summed E-state index contributed by atoms with van der Waals surface area (Å²) in [5, 5.41) is -1.48. The minimum Gasteiger partial charge on any atom is -0.497 e. The highest BCUT2D eigenvalue weighted by Gasteiger charge is 2.37. The first-order valence-electron chi connectivity index (χ1n) is 8.61. The van der Waals surface area contributed by atoms with Crippen LogP contribution in [-0.4, -0.2) is 34.7 Å². The van der Waals surface area contributed by atoms with Crippen LogP contribution in [0, 0.1) is 11.8 Å². The highest BCUT2D eigenvalue weighted by molar-refractivity contribution is 7.92. The highest BCUT2D eigenvalue weighted by Crippen LogP contribution is 2.32. The molecule has 0 N–H and O–H groups in total. The number of hydrogen-bond donors (Lipinski definition) is 0. The molecule has 148 valence electrons. The van der Waals surface area contributed by atoms with Gasteiger partial charge in [-0.15, -0.1) is 5.92 Å². The van der Waals surface area contributed by atoms with E-state index in [0.29, 0.717) is 17.1 Å². The molecule has 28 heavy (non-hydrogen) atoms. The zero-order valence-corrected chi connectivity index (χ0v) is 16.8. The summed E-state index contributed by atoms with van der Waals surface area (Å²) in [6.45, 7) is 3.61. The Balaban J connectivity index is 2.39. The van der Waals surface area contributed by atoms with Gasteiger partial charge in [0.2, 0.25) is 0 Å². The van der Waals surface area contributed by atoms with E-state index >= 15 is 0 Å². The van der Waals surface area contributed by atoms with E-state index in [4.69, 9.17) is 14.2 Å². The van der Waals surface area contributed by atoms with Crippen LogP contribution in [-0.2, 0) is 19.4 Å². The number of benzene rings is 2. The van der Waals surface area contributed by atoms with Crippen molar-refractivity contribution in [3.63, 3.8) is 0 Å². The van der Waals surface area contributed by atoms with Crippen LogP contribution in [0.4, 0.5) is 0 Å². The number of carbonyl (C=O) groups is 1. The standard InChI is InChI=1S/C21H22O6S/c1-4-6-15-27-18-11-13-19(14-12-18)28(23,24)20(21(22)26-5-2)16-7-9-17(25-3)10-8-16/h7-14,20H,5,15H2,1-3H3. The first kappa shape index (κ1) is 21.3. The molecule has 0 radical (unpaired) electrons. The van der Waals surface area contributed by atoms with Crippen LogP contribution in [0.15, 0.2) is 53.4 Å². The van der Waals surface area contributed by atoms with Crippen molar-refractivity contribution in [2.24, 2.45) is 0 Å². The van der Waals surface area contributed by atoms with Gasteiger partial charge in [-0.05, 0) is 55.8 Å². The Morgan fingerprint density at radius 1 is 1.04 bits per heavy atom. The van der Waals surface area contributed by atoms with Crippen LogP contribution < -0.4 is 9.47 Å². The lowest BCUT2D eigenvalue weighted by molar-refractivity contribution is -0.142. The van der Waals surface area contributed by atoms with Gasteiger partial charge in [-0.25, -0.2) is 8.42 Å². The number of sulfone groups is 1. The predicted octanol–water partition coefficient (Wildman–Crippen LogP) is 3.18. The third kappa shape index (κ3) is 5.05. The van der Waals surface area contributed by atoms with E-state index in [1.807, 2.05) is 0 Å². The number of hydrogen-bond acceptors (Lipinski definition) is 6. The quantitative estimate of drug-likeness (QED) is 0.498. The van der Waals surface area contributed by atoms with Crippen molar-refractivity contribution in [3.05, 3.63) is 54.1 Å². The molecule has 0 amide bonds. The molecule has 0 spiro atoms. The fourth-order valence-corrected chi connectivity index (χ4v) is 4.12. The Labute approximate surface area is 165 Å². The Morgan fingerprint density at radius 2 is 1.64 bits per heavy atom. The molecule has 2 aromatic rings. The smallest absolute Gasteiger partial charge is 0.329 e. The van der Waals surface area contributed by atoms with Crippen molar-refractivity contribution in [3.8, 4) is 23.3 Å². The first-order valence-corrected chi connectivity index (χ1v) is 10.2. The largest absolute Gasteiger partial charge is 0.497 e. The van der Waals surface area contributed by atoms with Crippen molar-refractivity contribution >= 4 is 15.8 Å². The van der Waals surface area contributed by atoms with E-state index in [9.17, 15) is 13.2 Å². The number of methoxy groups -OCH3 is 1. The lowest BCUT2D eigenvalue weighted by Crippen LogP contribution is -2.24. The van der Waals surface area contributed by atoms with E-state index in [-0.39, 0.29) is 18.1 Å². The van der Waals surface area contributed by atoms with Crippen molar-refractivity contribution in [2.75, 3.05) is 20.3 Å². The van der Waals surface area contributed by atoms with Crippen molar-refractivity contribution < 1.29 is 27.4 Å². The van der Waals surface area contributed by atoms with E-state index in [1.54, 1.807) is 38.1 Å². The van der Waals surface area contributed by atoms with Crippen LogP contribution in [0.5, 0.6) is 11.5 Å². The second-order valence-corrected chi connectivity index (χ2v) is 7.67. The van der Waals surface area contributed by atoms with Gasteiger partial charge < -0.3 is 14.2 Å².